The minimum Gasteiger partial charge on any atom is -0.356 e. The van der Waals surface area contributed by atoms with Crippen molar-refractivity contribution in [3.63, 3.8) is 0 Å². The van der Waals surface area contributed by atoms with Crippen LogP contribution in [0.15, 0.2) is 0 Å². The molecule has 1 fully saturated rings. The number of nitrogens with two attached hydrogens (primary N) is 1. The molecule has 2 rings (SSSR count). The lowest BCUT2D eigenvalue weighted by Crippen LogP contribution is -2.40. The molecule has 0 spiro atoms. The van der Waals surface area contributed by atoms with E-state index in [2.05, 4.69) is 50.1 Å². The van der Waals surface area contributed by atoms with Gasteiger partial charge in [-0.2, -0.15) is 0 Å². The highest BCUT2D eigenvalue weighted by molar-refractivity contribution is 5.58. The van der Waals surface area contributed by atoms with Gasteiger partial charge in [0.15, 0.2) is 0 Å². The van der Waals surface area contributed by atoms with Crippen LogP contribution >= 0.6 is 0 Å². The van der Waals surface area contributed by atoms with Gasteiger partial charge in [0.05, 0.1) is 0 Å². The molecule has 1 atom stereocenters. The van der Waals surface area contributed by atoms with Gasteiger partial charge in [0, 0.05) is 24.6 Å². The minimum absolute atomic E-state index is 0.183. The minimum atomic E-state index is 0.183. The molecule has 1 saturated carbocycles. The van der Waals surface area contributed by atoms with Gasteiger partial charge >= 0.3 is 0 Å². The summed E-state index contributed by atoms with van der Waals surface area (Å²) < 4.78 is 0. The van der Waals surface area contributed by atoms with Gasteiger partial charge in [-0.05, 0) is 32.1 Å². The van der Waals surface area contributed by atoms with Gasteiger partial charge < -0.3 is 10.3 Å². The van der Waals surface area contributed by atoms with Gasteiger partial charge in [0.25, 0.3) is 0 Å². The predicted octanol–water partition coefficient (Wildman–Crippen LogP) is 2.82. The van der Waals surface area contributed by atoms with Crippen molar-refractivity contribution >= 4 is 11.6 Å². The van der Waals surface area contributed by atoms with E-state index in [1.54, 1.807) is 0 Å². The lowest BCUT2D eigenvalue weighted by Gasteiger charge is -2.37. The summed E-state index contributed by atoms with van der Waals surface area (Å²) in [7, 11) is 2.10. The van der Waals surface area contributed by atoms with Gasteiger partial charge in [-0.15, -0.1) is 0 Å². The maximum absolute atomic E-state index is 5.61. The largest absolute Gasteiger partial charge is 0.356 e. The Bertz CT molecular complexity index is 488. The number of nitrogen functional groups attached to an aromatic ring is 1. The van der Waals surface area contributed by atoms with Crippen molar-refractivity contribution < 1.29 is 0 Å². The van der Waals surface area contributed by atoms with Gasteiger partial charge in [0.1, 0.15) is 17.5 Å². The van der Waals surface area contributed by atoms with Gasteiger partial charge in [0.2, 0.25) is 0 Å². The van der Waals surface area contributed by atoms with E-state index in [-0.39, 0.29) is 5.41 Å². The molecule has 5 heteroatoms. The number of anilines is 2. The fraction of sp³-hybridized carbons (Fsp3) is 0.733. The molecular weight excluding hydrogens is 250 g/mol. The van der Waals surface area contributed by atoms with Crippen molar-refractivity contribution in [3.05, 3.63) is 11.4 Å². The second kappa shape index (κ2) is 5.20. The van der Waals surface area contributed by atoms with E-state index in [1.807, 2.05) is 6.92 Å². The molecule has 0 amide bonds. The summed E-state index contributed by atoms with van der Waals surface area (Å²) in [6.45, 7) is 11.0. The highest BCUT2D eigenvalue weighted by Crippen LogP contribution is 2.40. The molecule has 0 saturated heterocycles. The summed E-state index contributed by atoms with van der Waals surface area (Å²) >= 11 is 0. The van der Waals surface area contributed by atoms with Crippen LogP contribution in [0.3, 0.4) is 0 Å². The zero-order valence-corrected chi connectivity index (χ0v) is 13.5. The smallest absolute Gasteiger partial charge is 0.148 e. The third-order valence-corrected chi connectivity index (χ3v) is 4.38. The fourth-order valence-corrected chi connectivity index (χ4v) is 2.29. The second-order valence-electron chi connectivity index (χ2n) is 6.95. The summed E-state index contributed by atoms with van der Waals surface area (Å²) in [6.07, 6.45) is 2.37. The summed E-state index contributed by atoms with van der Waals surface area (Å²) in [5, 5.41) is 0. The maximum Gasteiger partial charge on any atom is 0.148 e. The van der Waals surface area contributed by atoms with Crippen LogP contribution < -0.4 is 16.2 Å². The Morgan fingerprint density at radius 2 is 1.90 bits per heavy atom. The number of hydrazine groups is 1. The van der Waals surface area contributed by atoms with Crippen molar-refractivity contribution in [1.29, 1.82) is 0 Å². The van der Waals surface area contributed by atoms with Crippen molar-refractivity contribution in [2.75, 3.05) is 17.4 Å². The van der Waals surface area contributed by atoms with E-state index in [4.69, 9.17) is 10.8 Å². The number of rotatable bonds is 4. The van der Waals surface area contributed by atoms with E-state index >= 15 is 0 Å². The Hall–Kier alpha value is -1.36. The number of aromatic nitrogens is 2. The third kappa shape index (κ3) is 2.87. The average Bonchev–Trinajstić information content (AvgIpc) is 3.20. The van der Waals surface area contributed by atoms with Crippen LogP contribution in [0.2, 0.25) is 0 Å². The Labute approximate surface area is 121 Å². The molecule has 1 unspecified atom stereocenters. The first-order valence-corrected chi connectivity index (χ1v) is 7.33. The number of nitrogens with one attached hydrogen (secondary N) is 1. The first kappa shape index (κ1) is 15.0. The molecule has 5 nitrogen and oxygen atoms in total. The fourth-order valence-electron chi connectivity index (χ4n) is 2.29. The lowest BCUT2D eigenvalue weighted by atomic mass is 9.87. The van der Waals surface area contributed by atoms with Crippen LogP contribution in [-0.2, 0) is 0 Å². The van der Waals surface area contributed by atoms with E-state index in [0.717, 1.165) is 23.0 Å². The highest BCUT2D eigenvalue weighted by Gasteiger charge is 2.31. The Kier molecular flexibility index (Phi) is 3.91. The standard InChI is InChI=1S/C15H27N5/c1-9-12(19-16)17-13(11-7-8-11)18-14(9)20(6)10(2)15(3,4)5/h10-11H,7-8,16H2,1-6H3,(H,17,18,19). The van der Waals surface area contributed by atoms with Crippen molar-refractivity contribution in [3.8, 4) is 0 Å². The first-order chi connectivity index (χ1) is 9.25. The van der Waals surface area contributed by atoms with Gasteiger partial charge in [-0.1, -0.05) is 20.8 Å². The second-order valence-corrected chi connectivity index (χ2v) is 6.95. The van der Waals surface area contributed by atoms with Gasteiger partial charge in [-0.25, -0.2) is 15.8 Å². The summed E-state index contributed by atoms with van der Waals surface area (Å²) in [4.78, 5) is 11.6. The Balaban J connectivity index is 2.41. The molecule has 0 bridgehead atoms. The Morgan fingerprint density at radius 3 is 2.35 bits per heavy atom. The Morgan fingerprint density at radius 1 is 1.30 bits per heavy atom. The van der Waals surface area contributed by atoms with Crippen molar-refractivity contribution in [2.45, 2.75) is 59.4 Å². The van der Waals surface area contributed by atoms with E-state index in [9.17, 15) is 0 Å². The van der Waals surface area contributed by atoms with Crippen LogP contribution in [0.4, 0.5) is 11.6 Å². The third-order valence-electron chi connectivity index (χ3n) is 4.38. The van der Waals surface area contributed by atoms with Crippen LogP contribution in [-0.4, -0.2) is 23.1 Å². The molecule has 1 heterocycles. The molecule has 1 aliphatic carbocycles. The number of hydrogen-bond acceptors (Lipinski definition) is 5. The molecular formula is C15H27N5. The van der Waals surface area contributed by atoms with E-state index in [1.165, 1.54) is 12.8 Å². The summed E-state index contributed by atoms with van der Waals surface area (Å²) in [5.41, 5.74) is 3.91. The molecule has 20 heavy (non-hydrogen) atoms. The first-order valence-electron chi connectivity index (χ1n) is 7.33. The average molecular weight is 277 g/mol. The van der Waals surface area contributed by atoms with E-state index < -0.39 is 0 Å². The SMILES string of the molecule is Cc1c(NN)nc(C2CC2)nc1N(C)C(C)C(C)(C)C. The van der Waals surface area contributed by atoms with Gasteiger partial charge in [-0.3, -0.25) is 0 Å². The quantitative estimate of drug-likeness (QED) is 0.654. The molecule has 1 aliphatic rings. The van der Waals surface area contributed by atoms with Crippen LogP contribution in [0.25, 0.3) is 0 Å². The zero-order chi connectivity index (χ0) is 15.1. The van der Waals surface area contributed by atoms with Crippen LogP contribution in [0.5, 0.6) is 0 Å². The van der Waals surface area contributed by atoms with Crippen molar-refractivity contribution in [1.82, 2.24) is 9.97 Å². The number of hydrogen-bond donors (Lipinski definition) is 2. The monoisotopic (exact) mass is 277 g/mol. The molecule has 0 aliphatic heterocycles. The van der Waals surface area contributed by atoms with Crippen molar-refractivity contribution in [2.24, 2.45) is 11.3 Å². The molecule has 0 radical (unpaired) electrons. The molecule has 3 N–H and O–H groups in total. The zero-order valence-electron chi connectivity index (χ0n) is 13.5. The lowest BCUT2D eigenvalue weighted by molar-refractivity contribution is 0.328. The summed E-state index contributed by atoms with van der Waals surface area (Å²) in [5.74, 6) is 8.77. The topological polar surface area (TPSA) is 67.1 Å². The van der Waals surface area contributed by atoms with Crippen LogP contribution in [0.1, 0.15) is 57.8 Å². The van der Waals surface area contributed by atoms with E-state index in [0.29, 0.717) is 12.0 Å². The molecule has 112 valence electrons. The number of nitrogens with zero attached hydrogens (tertiary/aromatic N) is 3. The predicted molar refractivity (Wildman–Crippen MR) is 83.9 cm³/mol. The summed E-state index contributed by atoms with van der Waals surface area (Å²) in [6, 6.07) is 0.369. The highest BCUT2D eigenvalue weighted by atomic mass is 15.3. The van der Waals surface area contributed by atoms with Crippen LogP contribution in [0, 0.1) is 12.3 Å². The normalized spacial score (nSPS) is 16.9. The molecule has 1 aromatic heterocycles. The molecule has 1 aromatic rings. The molecule has 0 aromatic carbocycles. The maximum atomic E-state index is 5.61.